The van der Waals surface area contributed by atoms with Gasteiger partial charge in [-0.2, -0.15) is 0 Å². The third kappa shape index (κ3) is 6.95. The van der Waals surface area contributed by atoms with E-state index in [2.05, 4.69) is 0 Å². The summed E-state index contributed by atoms with van der Waals surface area (Å²) in [6, 6.07) is 5.87. The lowest BCUT2D eigenvalue weighted by molar-refractivity contribution is -0.294. The topological polar surface area (TPSA) is 301 Å². The maximum atomic E-state index is 12.4. The van der Waals surface area contributed by atoms with E-state index >= 15 is 0 Å². The molecule has 0 amide bonds. The normalized spacial score (nSPS) is 36.3. The van der Waals surface area contributed by atoms with Gasteiger partial charge in [0.15, 0.2) is 23.7 Å². The van der Waals surface area contributed by atoms with Crippen LogP contribution in [0.25, 0.3) is 6.08 Å². The summed E-state index contributed by atoms with van der Waals surface area (Å²) in [5.41, 5.74) is 0.165. The maximum Gasteiger partial charge on any atom is 0.335 e. The first-order chi connectivity index (χ1) is 23.7. The second-order valence-corrected chi connectivity index (χ2v) is 11.9. The van der Waals surface area contributed by atoms with Crippen molar-refractivity contribution in [3.63, 3.8) is 0 Å². The van der Waals surface area contributed by atoms with Crippen molar-refractivity contribution in [3.8, 4) is 28.7 Å². The van der Waals surface area contributed by atoms with Crippen molar-refractivity contribution in [1.29, 1.82) is 0 Å². The zero-order chi connectivity index (χ0) is 36.0. The Bertz CT molecular complexity index is 1630. The number of phenols is 3. The molecule has 4 heterocycles. The fourth-order valence-corrected chi connectivity index (χ4v) is 5.66. The molecule has 4 aliphatic heterocycles. The molecule has 2 aromatic carbocycles. The fraction of sp³-hybridized carbons (Fsp3) is 0.484. The number of ether oxygens (including phenoxy) is 7. The molecule has 2 saturated heterocycles. The smallest absolute Gasteiger partial charge is 0.335 e. The summed E-state index contributed by atoms with van der Waals surface area (Å²) in [7, 11) is 0. The number of aliphatic hydroxyl groups is 7. The largest absolute Gasteiger partial charge is 0.508 e. The van der Waals surface area contributed by atoms with Crippen LogP contribution in [0, 0.1) is 0 Å². The molecule has 12 atom stereocenters. The minimum atomic E-state index is -2.08. The number of fused-ring (bicyclic) bond motifs is 4. The molecule has 0 saturated carbocycles. The molecule has 6 rings (SSSR count). The lowest BCUT2D eigenvalue weighted by Gasteiger charge is -2.41. The first-order valence-corrected chi connectivity index (χ1v) is 15.2. The van der Waals surface area contributed by atoms with Gasteiger partial charge in [0, 0.05) is 17.7 Å². The number of hydrogen-bond acceptors (Lipinski definition) is 19. The van der Waals surface area contributed by atoms with E-state index in [0.29, 0.717) is 0 Å². The van der Waals surface area contributed by atoms with Gasteiger partial charge in [-0.3, -0.25) is 4.79 Å². The Morgan fingerprint density at radius 2 is 1.20 bits per heavy atom. The number of esters is 2. The van der Waals surface area contributed by atoms with Gasteiger partial charge in [-0.1, -0.05) is 6.07 Å². The highest BCUT2D eigenvalue weighted by Crippen LogP contribution is 2.46. The Hall–Kier alpha value is -4.44. The molecule has 12 unspecified atom stereocenters. The number of rotatable bonds is 1. The molecule has 272 valence electrons. The van der Waals surface area contributed by atoms with Gasteiger partial charge in [0.05, 0.1) is 12.0 Å². The lowest BCUT2D eigenvalue weighted by atomic mass is 9.98. The first-order valence-electron chi connectivity index (χ1n) is 15.2. The second kappa shape index (κ2) is 14.1. The Morgan fingerprint density at radius 3 is 1.82 bits per heavy atom. The first kappa shape index (κ1) is 35.4. The van der Waals surface area contributed by atoms with Gasteiger partial charge in [0.1, 0.15) is 85.1 Å². The molecule has 0 radical (unpaired) electrons. The summed E-state index contributed by atoms with van der Waals surface area (Å²) < 4.78 is 39.2. The average Bonchev–Trinajstić information content (AvgIpc) is 3.08. The molecule has 0 aromatic heterocycles. The van der Waals surface area contributed by atoms with Crippen molar-refractivity contribution in [1.82, 2.24) is 0 Å². The van der Waals surface area contributed by atoms with Crippen LogP contribution in [0.5, 0.6) is 28.7 Å². The van der Waals surface area contributed by atoms with Crippen molar-refractivity contribution in [2.45, 2.75) is 80.0 Å². The van der Waals surface area contributed by atoms with Crippen molar-refractivity contribution in [3.05, 3.63) is 47.2 Å². The Balaban J connectivity index is 1.43. The number of hydrogen-bond donors (Lipinski definition) is 10. The van der Waals surface area contributed by atoms with Gasteiger partial charge < -0.3 is 84.2 Å². The van der Waals surface area contributed by atoms with Crippen LogP contribution >= 0.6 is 0 Å². The number of aliphatic hydroxyl groups excluding tert-OH is 7. The quantitative estimate of drug-likeness (QED) is 0.105. The second-order valence-electron chi connectivity index (χ2n) is 11.9. The van der Waals surface area contributed by atoms with E-state index in [0.717, 1.165) is 18.2 Å². The number of cyclic esters (lactones) is 2. The van der Waals surface area contributed by atoms with Gasteiger partial charge in [-0.15, -0.1) is 0 Å². The molecule has 0 aliphatic carbocycles. The SMILES string of the molecule is O=C1CC(O)C(=O)OCC2OC(Oc3cc(O)cc4c3C=C(OC3OC(CO1)C(O)C(O)C3O)C(c1ccc(O)c(O)c1)O4)C(O)C(O)C2O. The lowest BCUT2D eigenvalue weighted by Crippen LogP contribution is -2.60. The average molecular weight is 711 g/mol. The predicted molar refractivity (Wildman–Crippen MR) is 157 cm³/mol. The van der Waals surface area contributed by atoms with Gasteiger partial charge in [-0.25, -0.2) is 4.79 Å². The van der Waals surface area contributed by atoms with Crippen LogP contribution in [0.3, 0.4) is 0 Å². The number of phenolic OH excluding ortho intramolecular Hbond substituents is 3. The van der Waals surface area contributed by atoms with Crippen molar-refractivity contribution >= 4 is 18.0 Å². The van der Waals surface area contributed by atoms with Gasteiger partial charge >= 0.3 is 11.9 Å². The van der Waals surface area contributed by atoms with Crippen molar-refractivity contribution in [2.75, 3.05) is 13.2 Å². The molecular weight excluding hydrogens is 676 g/mol. The van der Waals surface area contributed by atoms with Crippen LogP contribution in [0.4, 0.5) is 0 Å². The van der Waals surface area contributed by atoms with E-state index in [1.807, 2.05) is 0 Å². The van der Waals surface area contributed by atoms with Crippen LogP contribution < -0.4 is 9.47 Å². The van der Waals surface area contributed by atoms with Crippen molar-refractivity contribution < 1.29 is 93.8 Å². The summed E-state index contributed by atoms with van der Waals surface area (Å²) in [5.74, 6) is -4.50. The van der Waals surface area contributed by atoms with Crippen LogP contribution in [-0.4, -0.2) is 144 Å². The van der Waals surface area contributed by atoms with E-state index in [4.69, 9.17) is 33.2 Å². The zero-order valence-electron chi connectivity index (χ0n) is 25.7. The molecule has 19 nitrogen and oxygen atoms in total. The number of benzene rings is 2. The Morgan fingerprint density at radius 1 is 0.620 bits per heavy atom. The van der Waals surface area contributed by atoms with Crippen LogP contribution in [-0.2, 0) is 33.3 Å². The molecular formula is C31H34O19. The van der Waals surface area contributed by atoms with E-state index in [9.17, 15) is 60.7 Å². The van der Waals surface area contributed by atoms with Crippen molar-refractivity contribution in [2.24, 2.45) is 0 Å². The fourth-order valence-electron chi connectivity index (χ4n) is 5.66. The minimum Gasteiger partial charge on any atom is -0.508 e. The van der Waals surface area contributed by atoms with Crippen LogP contribution in [0.1, 0.15) is 23.7 Å². The van der Waals surface area contributed by atoms with Gasteiger partial charge in [-0.05, 0) is 18.2 Å². The zero-order valence-corrected chi connectivity index (χ0v) is 25.7. The molecule has 50 heavy (non-hydrogen) atoms. The summed E-state index contributed by atoms with van der Waals surface area (Å²) in [6.07, 6.45) is -21.0. The highest BCUT2D eigenvalue weighted by Gasteiger charge is 2.48. The molecule has 2 fully saturated rings. The van der Waals surface area contributed by atoms with Gasteiger partial charge in [0.2, 0.25) is 12.6 Å². The third-order valence-electron chi connectivity index (χ3n) is 8.44. The Labute approximate surface area is 281 Å². The molecule has 4 aliphatic rings. The molecule has 10 N–H and O–H groups in total. The van der Waals surface area contributed by atoms with E-state index < -0.39 is 122 Å². The number of carbonyl (C=O) groups excluding carboxylic acids is 2. The van der Waals surface area contributed by atoms with E-state index in [1.165, 1.54) is 18.2 Å². The van der Waals surface area contributed by atoms with Crippen LogP contribution in [0.2, 0.25) is 0 Å². The molecule has 2 aromatic rings. The highest BCUT2D eigenvalue weighted by atomic mass is 16.7. The molecule has 19 heteroatoms. The minimum absolute atomic E-state index is 0.00493. The standard InChI is InChI=1S/C31H34O19/c32-11-4-16-12-6-18(28(46-16)10-1-2-13(33)14(34)3-10)48-31-27(42)24(39)22(37)19(49-31)8-44-21(36)7-15(35)29(43)45-9-20-23(38)25(40)26(41)30(50-20)47-17(12)5-11/h1-6,15,19-20,22-28,30-35,37-42H,7-9H2. The summed E-state index contributed by atoms with van der Waals surface area (Å²) >= 11 is 0. The van der Waals surface area contributed by atoms with Gasteiger partial charge in [0.25, 0.3) is 0 Å². The monoisotopic (exact) mass is 710 g/mol. The maximum absolute atomic E-state index is 12.4. The molecule has 0 spiro atoms. The third-order valence-corrected chi connectivity index (χ3v) is 8.44. The highest BCUT2D eigenvalue weighted by molar-refractivity contribution is 5.81. The summed E-state index contributed by atoms with van der Waals surface area (Å²) in [4.78, 5) is 24.9. The van der Waals surface area contributed by atoms with Crippen LogP contribution in [0.15, 0.2) is 36.1 Å². The summed E-state index contributed by atoms with van der Waals surface area (Å²) in [6.45, 7) is -1.54. The summed E-state index contributed by atoms with van der Waals surface area (Å²) in [5, 5.41) is 105. The van der Waals surface area contributed by atoms with E-state index in [-0.39, 0.29) is 28.4 Å². The predicted octanol–water partition coefficient (Wildman–Crippen LogP) is -2.86. The van der Waals surface area contributed by atoms with E-state index in [1.54, 1.807) is 0 Å². The Kier molecular flexibility index (Phi) is 9.95. The molecule has 6 bridgehead atoms. The number of carbonyl (C=O) groups is 2. The number of aromatic hydroxyl groups is 3.